The average molecular weight is 1500 g/mol. The highest BCUT2D eigenvalue weighted by molar-refractivity contribution is 8.76. The number of aliphatic carboxylic acids is 2. The number of aliphatic hydroxyl groups excluding tert-OH is 2. The smallest absolute Gasteiger partial charge is 0.338 e. The van der Waals surface area contributed by atoms with Gasteiger partial charge in [-0.3, -0.25) is 43.3 Å². The van der Waals surface area contributed by atoms with E-state index < -0.39 is 179 Å². The fourth-order valence-electron chi connectivity index (χ4n) is 14.4. The summed E-state index contributed by atoms with van der Waals surface area (Å²) in [5.74, 6) is -14.2. The molecule has 2 aromatic heterocycles. The quantitative estimate of drug-likeness (QED) is 0.00981. The molecule has 3 amide bonds. The standard InChI is InChI=1S/C73H79N9O22S2/c1-36-51-58(101-37(2)83)61(89)72(6)48(86)30-49-73(35-100-49,104-38(3)84)60(72)57(103-68(97)42-20-14-9-15-21-42)52(71(51,4)5)55(88)56(36)102-69(98)59(53(39-16-10-7-11-17-39)80-64(91)40-18-12-8-13-19-40)99-33-45(85)28-29-105-106-34-47(67(95)96)78-50(87)27-26-46(66(93)94)79-63(90)41-22-24-43(25-23-41)75-31-44-32-76-62-54(77-44)65(92)82-70(74)81-62/h7-25,32,46-49,52-53,55-60,75,86,88H,26-31,33-35H2,1-6H3,(H,78,87)(H,79,90)(H,80,91)(H,93,94)(H,95,96)(H3,74,76,81,82,92)/t46?,47?,48-,49+,52?,53-,55+,56+,57+,58+,59+,60?,72+,73-/m0/s1. The number of carbonyl (C=O) groups is 11. The van der Waals surface area contributed by atoms with Crippen LogP contribution in [0.4, 0.5) is 11.6 Å². The van der Waals surface area contributed by atoms with E-state index >= 15 is 9.59 Å². The highest BCUT2D eigenvalue weighted by atomic mass is 33.1. The summed E-state index contributed by atoms with van der Waals surface area (Å²) in [5, 5.41) is 56.4. The lowest BCUT2D eigenvalue weighted by Crippen LogP contribution is -2.80. The summed E-state index contributed by atoms with van der Waals surface area (Å²) in [6, 6.07) is 25.1. The third kappa shape index (κ3) is 17.1. The van der Waals surface area contributed by atoms with Crippen LogP contribution in [0.25, 0.3) is 11.2 Å². The fourth-order valence-corrected chi connectivity index (χ4v) is 16.6. The number of fused-ring (bicyclic) bond motifs is 6. The van der Waals surface area contributed by atoms with Crippen LogP contribution in [0.15, 0.2) is 137 Å². The van der Waals surface area contributed by atoms with Gasteiger partial charge in [0.25, 0.3) is 17.4 Å². The summed E-state index contributed by atoms with van der Waals surface area (Å²) in [6.07, 6.45) is -12.2. The number of nitrogen functional groups attached to an aromatic ring is 1. The number of amides is 3. The van der Waals surface area contributed by atoms with Gasteiger partial charge in [0.05, 0.1) is 54.1 Å². The maximum atomic E-state index is 15.9. The molecule has 0 spiro atoms. The minimum absolute atomic E-state index is 0.000811. The third-order valence-corrected chi connectivity index (χ3v) is 21.9. The summed E-state index contributed by atoms with van der Waals surface area (Å²) >= 11 is 0. The molecule has 14 atom stereocenters. The van der Waals surface area contributed by atoms with Crippen LogP contribution in [0.3, 0.4) is 0 Å². The number of hydrogen-bond donors (Lipinski definition) is 10. The molecule has 11 N–H and O–H groups in total. The lowest BCUT2D eigenvalue weighted by Gasteiger charge is -2.66. The number of carboxylic acid groups (broad SMARTS) is 2. The highest BCUT2D eigenvalue weighted by Crippen LogP contribution is 2.63. The molecule has 2 bridgehead atoms. The van der Waals surface area contributed by atoms with E-state index in [1.807, 2.05) is 0 Å². The first-order chi connectivity index (χ1) is 50.4. The van der Waals surface area contributed by atoms with Gasteiger partial charge in [-0.25, -0.2) is 29.1 Å². The second-order valence-corrected chi connectivity index (χ2v) is 29.4. The summed E-state index contributed by atoms with van der Waals surface area (Å²) in [6.45, 7) is 7.16. The molecular weight excluding hydrogens is 1420 g/mol. The number of aromatic nitrogens is 4. The zero-order valence-electron chi connectivity index (χ0n) is 58.2. The number of nitrogens with zero attached hydrogens (tertiary/aromatic N) is 3. The zero-order valence-corrected chi connectivity index (χ0v) is 59.8. The first-order valence-electron chi connectivity index (χ1n) is 33.7. The van der Waals surface area contributed by atoms with Crippen molar-refractivity contribution in [2.75, 3.05) is 35.8 Å². The Labute approximate surface area is 613 Å². The number of aliphatic hydroxyl groups is 2. The monoisotopic (exact) mass is 1500 g/mol. The number of aromatic amines is 1. The molecule has 560 valence electrons. The fraction of sp³-hybridized carbons (Fsp3) is 0.411. The van der Waals surface area contributed by atoms with Crippen molar-refractivity contribution in [1.29, 1.82) is 0 Å². The predicted octanol–water partition coefficient (Wildman–Crippen LogP) is 4.41. The summed E-state index contributed by atoms with van der Waals surface area (Å²) in [5.41, 5.74) is 0.974. The number of ether oxygens (including phenoxy) is 6. The summed E-state index contributed by atoms with van der Waals surface area (Å²) in [7, 11) is 2.03. The van der Waals surface area contributed by atoms with Gasteiger partial charge in [0.1, 0.15) is 43.1 Å². The Kier molecular flexibility index (Phi) is 24.6. The number of H-pyrrole nitrogens is 1. The van der Waals surface area contributed by atoms with E-state index in [1.54, 1.807) is 92.7 Å². The maximum Gasteiger partial charge on any atom is 0.338 e. The number of Topliss-reactive ketones (excluding diaryl/α,β-unsaturated/α-hetero) is 2. The molecule has 6 aromatic rings. The van der Waals surface area contributed by atoms with Gasteiger partial charge in [-0.2, -0.15) is 4.98 Å². The molecule has 4 unspecified atom stereocenters. The number of carbonyl (C=O) groups excluding carboxylic acids is 9. The van der Waals surface area contributed by atoms with Crippen LogP contribution >= 0.6 is 21.6 Å². The van der Waals surface area contributed by atoms with E-state index in [2.05, 4.69) is 41.2 Å². The number of ketones is 2. The lowest BCUT2D eigenvalue weighted by atomic mass is 9.45. The summed E-state index contributed by atoms with van der Waals surface area (Å²) < 4.78 is 37.4. The van der Waals surface area contributed by atoms with Crippen LogP contribution in [-0.4, -0.2) is 191 Å². The molecule has 2 saturated carbocycles. The Morgan fingerprint density at radius 1 is 0.745 bits per heavy atom. The van der Waals surface area contributed by atoms with E-state index in [0.717, 1.165) is 35.4 Å². The van der Waals surface area contributed by atoms with Gasteiger partial charge in [0.15, 0.2) is 40.5 Å². The Morgan fingerprint density at radius 2 is 1.38 bits per heavy atom. The molecule has 1 aliphatic heterocycles. The Bertz CT molecular complexity index is 4440. The zero-order chi connectivity index (χ0) is 76.5. The van der Waals surface area contributed by atoms with Crippen molar-refractivity contribution in [3.63, 3.8) is 0 Å². The topological polar surface area (TPSA) is 470 Å². The molecule has 0 radical (unpaired) electrons. The molecule has 4 aliphatic rings. The number of nitrogens with one attached hydrogen (secondary N) is 5. The maximum absolute atomic E-state index is 15.9. The Hall–Kier alpha value is -10.5. The molecule has 106 heavy (non-hydrogen) atoms. The van der Waals surface area contributed by atoms with Gasteiger partial charge in [0.2, 0.25) is 11.9 Å². The number of benzene rings is 4. The number of esters is 4. The lowest BCUT2D eigenvalue weighted by molar-refractivity contribution is -0.337. The van der Waals surface area contributed by atoms with Crippen LogP contribution in [0.5, 0.6) is 0 Å². The van der Waals surface area contributed by atoms with E-state index in [-0.39, 0.29) is 88.0 Å². The second kappa shape index (κ2) is 33.3. The molecule has 3 heterocycles. The number of rotatable bonds is 30. The van der Waals surface area contributed by atoms with Gasteiger partial charge >= 0.3 is 35.8 Å². The van der Waals surface area contributed by atoms with E-state index in [4.69, 9.17) is 34.2 Å². The van der Waals surface area contributed by atoms with Gasteiger partial charge in [-0.15, -0.1) is 0 Å². The normalized spacial score (nSPS) is 23.9. The van der Waals surface area contributed by atoms with Gasteiger partial charge < -0.3 is 75.8 Å². The van der Waals surface area contributed by atoms with Gasteiger partial charge in [-0.05, 0) is 90.9 Å². The number of hydrogen-bond acceptors (Lipinski definition) is 27. The van der Waals surface area contributed by atoms with E-state index in [9.17, 15) is 68.4 Å². The van der Waals surface area contributed by atoms with Crippen LogP contribution in [0.2, 0.25) is 0 Å². The van der Waals surface area contributed by atoms with Crippen molar-refractivity contribution in [3.05, 3.63) is 171 Å². The predicted molar refractivity (Wildman–Crippen MR) is 380 cm³/mol. The minimum atomic E-state index is -2.11. The number of nitrogens with two attached hydrogens (primary N) is 1. The van der Waals surface area contributed by atoms with Crippen LogP contribution < -0.4 is 32.6 Å². The molecule has 3 fully saturated rings. The van der Waals surface area contributed by atoms with E-state index in [0.29, 0.717) is 11.4 Å². The molecule has 31 nitrogen and oxygen atoms in total. The average Bonchev–Trinajstić information content (AvgIpc) is 0.674. The second-order valence-electron chi connectivity index (χ2n) is 26.8. The Morgan fingerprint density at radius 3 is 2.00 bits per heavy atom. The van der Waals surface area contributed by atoms with Crippen molar-refractivity contribution in [3.8, 4) is 0 Å². The molecule has 33 heteroatoms. The molecule has 10 rings (SSSR count). The largest absolute Gasteiger partial charge is 0.480 e. The van der Waals surface area contributed by atoms with Crippen LogP contribution in [-0.2, 0) is 73.3 Å². The first-order valence-corrected chi connectivity index (χ1v) is 36.2. The van der Waals surface area contributed by atoms with Crippen molar-refractivity contribution < 1.29 is 102 Å². The summed E-state index contributed by atoms with van der Waals surface area (Å²) in [4.78, 5) is 179. The van der Waals surface area contributed by atoms with Crippen molar-refractivity contribution >= 4 is 109 Å². The van der Waals surface area contributed by atoms with Crippen LogP contribution in [0.1, 0.15) is 116 Å². The van der Waals surface area contributed by atoms with Crippen molar-refractivity contribution in [2.24, 2.45) is 22.7 Å². The number of anilines is 2. The molecule has 4 aromatic carbocycles. The van der Waals surface area contributed by atoms with E-state index in [1.165, 1.54) is 56.4 Å². The molecular formula is C73H79N9O22S2. The molecule has 3 aliphatic carbocycles. The van der Waals surface area contributed by atoms with Crippen LogP contribution in [0, 0.1) is 22.7 Å². The minimum Gasteiger partial charge on any atom is -0.480 e. The first kappa shape index (κ1) is 78.1. The van der Waals surface area contributed by atoms with Gasteiger partial charge in [0, 0.05) is 67.3 Å². The van der Waals surface area contributed by atoms with Crippen molar-refractivity contribution in [2.45, 2.75) is 140 Å². The van der Waals surface area contributed by atoms with Crippen molar-refractivity contribution in [1.82, 2.24) is 35.9 Å². The SMILES string of the molecule is CC(=O)O[C@H]1C(=O)[C@@]2(C)C([C@H](OC(=O)c3ccccc3)C3[C@@H](O)[C@H](OC(=O)[C@H](OCC(=O)CCSSCC(NC(=O)CCC(NC(=O)c4ccc(NCc5cnc6nc(N)[nH]c(=O)c6n5)cc4)C(=O)O)C(=O)O)[C@@H](NC(=O)c4ccccc4)c4ccccc4)C(C)=C1C3(C)C)[C@]1(OC(C)=O)CO[C@@H]1C[C@@H]2O. The number of carboxylic acids is 2. The highest BCUT2D eigenvalue weighted by Gasteiger charge is 2.76. The Balaban J connectivity index is 0.829. The third-order valence-electron chi connectivity index (χ3n) is 19.5. The van der Waals surface area contributed by atoms with Gasteiger partial charge in [-0.1, -0.05) is 102 Å². The molecule has 1 saturated heterocycles.